The summed E-state index contributed by atoms with van der Waals surface area (Å²) in [6, 6.07) is 10.3. The van der Waals surface area contributed by atoms with Crippen LogP contribution in [0.15, 0.2) is 42.0 Å². The van der Waals surface area contributed by atoms with Crippen LogP contribution in [0.5, 0.6) is 0 Å². The number of allylic oxidation sites excluding steroid dienone is 1. The van der Waals surface area contributed by atoms with Gasteiger partial charge in [-0.25, -0.2) is 0 Å². The summed E-state index contributed by atoms with van der Waals surface area (Å²) >= 11 is 0. The zero-order valence-corrected chi connectivity index (χ0v) is 21.7. The molecular weight excluding hydrogens is 436 g/mol. The predicted octanol–water partition coefficient (Wildman–Crippen LogP) is 4.91. The highest BCUT2D eigenvalue weighted by Crippen LogP contribution is 2.63. The lowest BCUT2D eigenvalue weighted by Crippen LogP contribution is -2.56. The molecule has 0 heterocycles. The molecule has 0 saturated heterocycles. The van der Waals surface area contributed by atoms with Crippen LogP contribution < -0.4 is 0 Å². The van der Waals surface area contributed by atoms with E-state index in [0.717, 1.165) is 44.9 Å². The monoisotopic (exact) mass is 480 g/mol. The second kappa shape index (κ2) is 10.4. The molecule has 4 rings (SSSR count). The van der Waals surface area contributed by atoms with Gasteiger partial charge in [-0.2, -0.15) is 0 Å². The first-order valence-electron chi connectivity index (χ1n) is 13.4. The summed E-state index contributed by atoms with van der Waals surface area (Å²) in [5.41, 5.74) is 2.07. The van der Waals surface area contributed by atoms with Gasteiger partial charge in [0.25, 0.3) is 0 Å². The molecule has 4 nitrogen and oxygen atoms in total. The molecule has 192 valence electrons. The Labute approximate surface area is 211 Å². The van der Waals surface area contributed by atoms with Gasteiger partial charge in [-0.3, -0.25) is 0 Å². The maximum absolute atomic E-state index is 11.2. The average Bonchev–Trinajstić information content (AvgIpc) is 2.83. The SMILES string of the molecule is C#CC(CCc1ccccc1)OC[C@H](O)[C@]1(C)C=C2CC[C@@H]3[C@](C)(CO)C[C@@H](O)C[C@@]3(C)[C@@H]2CC1. The Balaban J connectivity index is 1.41. The van der Waals surface area contributed by atoms with E-state index in [1.807, 2.05) is 18.2 Å². The largest absolute Gasteiger partial charge is 0.396 e. The fourth-order valence-electron chi connectivity index (χ4n) is 7.80. The van der Waals surface area contributed by atoms with Gasteiger partial charge in [-0.15, -0.1) is 6.42 Å². The number of hydrogen-bond donors (Lipinski definition) is 3. The van der Waals surface area contributed by atoms with Gasteiger partial charge in [0.15, 0.2) is 0 Å². The van der Waals surface area contributed by atoms with Crippen LogP contribution in [0.2, 0.25) is 0 Å². The van der Waals surface area contributed by atoms with Crippen molar-refractivity contribution in [2.24, 2.45) is 28.1 Å². The average molecular weight is 481 g/mol. The fraction of sp³-hybridized carbons (Fsp3) is 0.677. The first-order chi connectivity index (χ1) is 16.6. The minimum absolute atomic E-state index is 0.0198. The molecule has 8 atom stereocenters. The Morgan fingerprint density at radius 2 is 1.89 bits per heavy atom. The van der Waals surface area contributed by atoms with Crippen molar-refractivity contribution in [2.45, 2.75) is 90.4 Å². The summed E-state index contributed by atoms with van der Waals surface area (Å²) in [6.07, 6.45) is 13.7. The minimum Gasteiger partial charge on any atom is -0.396 e. The lowest BCUT2D eigenvalue weighted by atomic mass is 9.44. The Kier molecular flexibility index (Phi) is 7.84. The zero-order valence-electron chi connectivity index (χ0n) is 21.7. The molecule has 3 aliphatic carbocycles. The van der Waals surface area contributed by atoms with Gasteiger partial charge in [0.05, 0.1) is 18.8 Å². The highest BCUT2D eigenvalue weighted by molar-refractivity contribution is 5.25. The molecule has 1 aromatic carbocycles. The van der Waals surface area contributed by atoms with Gasteiger partial charge >= 0.3 is 0 Å². The van der Waals surface area contributed by atoms with E-state index in [1.54, 1.807) is 0 Å². The smallest absolute Gasteiger partial charge is 0.118 e. The van der Waals surface area contributed by atoms with E-state index in [2.05, 4.69) is 44.9 Å². The zero-order chi connectivity index (χ0) is 25.3. The third-order valence-corrected chi connectivity index (χ3v) is 9.77. The molecule has 4 heteroatoms. The van der Waals surface area contributed by atoms with E-state index >= 15 is 0 Å². The standard InChI is InChI=1S/C31H44O4/c1-5-25(13-11-22-9-7-6-8-10-22)35-20-28(34)29(2)16-15-26-23(17-29)12-14-27-30(3,21-32)18-24(33)19-31(26,27)4/h1,6-10,17,24-28,32-34H,11-16,18-21H2,2-4H3/t24-,25?,26-,27-,28+,29+,30+,31+/m1/s1. The maximum Gasteiger partial charge on any atom is 0.118 e. The molecule has 0 amide bonds. The number of aliphatic hydroxyl groups excluding tert-OH is 3. The number of terminal acetylenes is 1. The molecule has 2 fully saturated rings. The van der Waals surface area contributed by atoms with Gasteiger partial charge in [-0.1, -0.05) is 68.7 Å². The molecule has 35 heavy (non-hydrogen) atoms. The van der Waals surface area contributed by atoms with Crippen LogP contribution in [0.4, 0.5) is 0 Å². The van der Waals surface area contributed by atoms with E-state index in [9.17, 15) is 15.3 Å². The van der Waals surface area contributed by atoms with E-state index in [0.29, 0.717) is 18.3 Å². The normalized spacial score (nSPS) is 38.4. The molecule has 0 radical (unpaired) electrons. The van der Waals surface area contributed by atoms with Crippen molar-refractivity contribution in [3.8, 4) is 12.3 Å². The summed E-state index contributed by atoms with van der Waals surface area (Å²) in [5.74, 6) is 3.55. The van der Waals surface area contributed by atoms with E-state index in [-0.39, 0.29) is 41.7 Å². The summed E-state index contributed by atoms with van der Waals surface area (Å²) in [7, 11) is 0. The van der Waals surface area contributed by atoms with Crippen molar-refractivity contribution < 1.29 is 20.1 Å². The third kappa shape index (κ3) is 5.25. The van der Waals surface area contributed by atoms with Gasteiger partial charge in [-0.05, 0) is 79.6 Å². The van der Waals surface area contributed by atoms with Crippen molar-refractivity contribution in [3.63, 3.8) is 0 Å². The molecule has 0 aliphatic heterocycles. The fourth-order valence-corrected chi connectivity index (χ4v) is 7.80. The number of ether oxygens (including phenoxy) is 1. The molecule has 1 aromatic rings. The topological polar surface area (TPSA) is 69.9 Å². The van der Waals surface area contributed by atoms with Crippen LogP contribution in [0.1, 0.15) is 71.3 Å². The number of fused-ring (bicyclic) bond motifs is 3. The molecule has 1 unspecified atom stereocenters. The highest BCUT2D eigenvalue weighted by atomic mass is 16.5. The first kappa shape index (κ1) is 26.4. The van der Waals surface area contributed by atoms with Crippen LogP contribution in [0.25, 0.3) is 0 Å². The quantitative estimate of drug-likeness (QED) is 0.365. The minimum atomic E-state index is -0.617. The molecule has 0 spiro atoms. The highest BCUT2D eigenvalue weighted by Gasteiger charge is 2.58. The number of benzene rings is 1. The Morgan fingerprint density at radius 3 is 2.57 bits per heavy atom. The Morgan fingerprint density at radius 1 is 1.14 bits per heavy atom. The lowest BCUT2D eigenvalue weighted by Gasteiger charge is -2.61. The molecule has 3 N–H and O–H groups in total. The molecule has 0 bridgehead atoms. The van der Waals surface area contributed by atoms with E-state index in [4.69, 9.17) is 11.2 Å². The van der Waals surface area contributed by atoms with Crippen molar-refractivity contribution >= 4 is 0 Å². The van der Waals surface area contributed by atoms with Crippen LogP contribution in [-0.2, 0) is 11.2 Å². The lowest BCUT2D eigenvalue weighted by molar-refractivity contribution is -0.134. The maximum atomic E-state index is 11.2. The number of rotatable bonds is 8. The molecule has 2 saturated carbocycles. The Bertz CT molecular complexity index is 935. The van der Waals surface area contributed by atoms with Crippen molar-refractivity contribution in [3.05, 3.63) is 47.5 Å². The summed E-state index contributed by atoms with van der Waals surface area (Å²) < 4.78 is 6.01. The number of aliphatic hydroxyl groups is 3. The molecule has 0 aromatic heterocycles. The number of aryl methyl sites for hydroxylation is 1. The van der Waals surface area contributed by atoms with Crippen LogP contribution in [0.3, 0.4) is 0 Å². The van der Waals surface area contributed by atoms with Gasteiger partial charge in [0.1, 0.15) is 6.10 Å². The van der Waals surface area contributed by atoms with Crippen molar-refractivity contribution in [1.29, 1.82) is 0 Å². The number of hydrogen-bond acceptors (Lipinski definition) is 4. The van der Waals surface area contributed by atoms with Gasteiger partial charge < -0.3 is 20.1 Å². The second-order valence-corrected chi connectivity index (χ2v) is 12.3. The van der Waals surface area contributed by atoms with Crippen LogP contribution >= 0.6 is 0 Å². The molecule has 3 aliphatic rings. The van der Waals surface area contributed by atoms with Gasteiger partial charge in [0, 0.05) is 12.0 Å². The predicted molar refractivity (Wildman–Crippen MR) is 140 cm³/mol. The first-order valence-corrected chi connectivity index (χ1v) is 13.4. The third-order valence-electron chi connectivity index (χ3n) is 9.77. The van der Waals surface area contributed by atoms with Crippen LogP contribution in [-0.4, -0.2) is 46.8 Å². The van der Waals surface area contributed by atoms with E-state index < -0.39 is 6.10 Å². The summed E-state index contributed by atoms with van der Waals surface area (Å²) in [4.78, 5) is 0. The van der Waals surface area contributed by atoms with Crippen LogP contribution in [0, 0.1) is 40.4 Å². The summed E-state index contributed by atoms with van der Waals surface area (Å²) in [6.45, 7) is 6.99. The van der Waals surface area contributed by atoms with Crippen molar-refractivity contribution in [2.75, 3.05) is 13.2 Å². The summed E-state index contributed by atoms with van der Waals surface area (Å²) in [5, 5.41) is 32.1. The Hall–Kier alpha value is -1.64. The van der Waals surface area contributed by atoms with Gasteiger partial charge in [0.2, 0.25) is 0 Å². The van der Waals surface area contributed by atoms with E-state index in [1.165, 1.54) is 11.1 Å². The molecular formula is C31H44O4. The van der Waals surface area contributed by atoms with Crippen molar-refractivity contribution in [1.82, 2.24) is 0 Å². The second-order valence-electron chi connectivity index (χ2n) is 12.3.